The summed E-state index contributed by atoms with van der Waals surface area (Å²) < 4.78 is 5.53. The van der Waals surface area contributed by atoms with Gasteiger partial charge in [-0.1, -0.05) is 6.07 Å². The monoisotopic (exact) mass is 394 g/mol. The number of hydrogen-bond acceptors (Lipinski definition) is 6. The summed E-state index contributed by atoms with van der Waals surface area (Å²) in [6, 6.07) is 5.92. The van der Waals surface area contributed by atoms with Crippen LogP contribution in [0, 0.1) is 0 Å². The van der Waals surface area contributed by atoms with Crippen LogP contribution < -0.4 is 4.90 Å². The molecule has 1 saturated heterocycles. The molecule has 0 aliphatic carbocycles. The molecule has 3 aromatic heterocycles. The highest BCUT2D eigenvalue weighted by Crippen LogP contribution is 2.34. The molecule has 0 spiro atoms. The van der Waals surface area contributed by atoms with Gasteiger partial charge < -0.3 is 19.5 Å². The van der Waals surface area contributed by atoms with E-state index < -0.39 is 5.60 Å². The Balaban J connectivity index is 1.63. The molecule has 1 N–H and O–H groups in total. The van der Waals surface area contributed by atoms with Crippen LogP contribution in [0.15, 0.2) is 36.9 Å². The van der Waals surface area contributed by atoms with Crippen molar-refractivity contribution in [3.8, 4) is 11.3 Å². The van der Waals surface area contributed by atoms with E-state index in [1.165, 1.54) is 0 Å². The Morgan fingerprint density at radius 1 is 1.21 bits per heavy atom. The number of rotatable bonds is 2. The number of ether oxygens (including phenoxy) is 1. The highest BCUT2D eigenvalue weighted by molar-refractivity contribution is 6.00. The number of piperazine rings is 1. The molecule has 4 rings (SSSR count). The molecule has 1 fully saturated rings. The number of amides is 1. The molecule has 152 valence electrons. The molecule has 0 saturated carbocycles. The fourth-order valence-corrected chi connectivity index (χ4v) is 3.65. The Morgan fingerprint density at radius 3 is 2.72 bits per heavy atom. The van der Waals surface area contributed by atoms with E-state index in [0.29, 0.717) is 19.6 Å². The molecule has 4 heterocycles. The molecule has 8 heteroatoms. The third-order valence-electron chi connectivity index (χ3n) is 4.94. The van der Waals surface area contributed by atoms with Crippen LogP contribution in [-0.2, 0) is 4.74 Å². The Bertz CT molecular complexity index is 1010. The average molecular weight is 394 g/mol. The molecule has 1 aliphatic rings. The van der Waals surface area contributed by atoms with Crippen molar-refractivity contribution in [1.29, 1.82) is 0 Å². The zero-order valence-electron chi connectivity index (χ0n) is 17.2. The molecule has 3 aromatic rings. The summed E-state index contributed by atoms with van der Waals surface area (Å²) in [7, 11) is 0. The van der Waals surface area contributed by atoms with Gasteiger partial charge in [-0.05, 0) is 39.8 Å². The second-order valence-electron chi connectivity index (χ2n) is 8.31. The van der Waals surface area contributed by atoms with Crippen molar-refractivity contribution >= 4 is 22.9 Å². The molecule has 1 amide bonds. The van der Waals surface area contributed by atoms with Crippen LogP contribution in [0.25, 0.3) is 22.3 Å². The van der Waals surface area contributed by atoms with Crippen LogP contribution >= 0.6 is 0 Å². The fraction of sp³-hybridized carbons (Fsp3) is 0.429. The summed E-state index contributed by atoms with van der Waals surface area (Å²) in [6.45, 7) is 9.56. The first-order valence-corrected chi connectivity index (χ1v) is 9.81. The fourth-order valence-electron chi connectivity index (χ4n) is 3.65. The van der Waals surface area contributed by atoms with Crippen molar-refractivity contribution in [2.24, 2.45) is 0 Å². The number of carbonyl (C=O) groups is 1. The number of nitrogens with one attached hydrogen (secondary N) is 1. The second kappa shape index (κ2) is 7.35. The largest absolute Gasteiger partial charge is 0.444 e. The topological polar surface area (TPSA) is 87.2 Å². The minimum atomic E-state index is -0.501. The molecule has 0 aromatic carbocycles. The van der Waals surface area contributed by atoms with Gasteiger partial charge in [-0.2, -0.15) is 0 Å². The van der Waals surface area contributed by atoms with Crippen LogP contribution in [0.5, 0.6) is 0 Å². The zero-order chi connectivity index (χ0) is 20.6. The van der Waals surface area contributed by atoms with Gasteiger partial charge in [0.15, 0.2) is 0 Å². The number of anilines is 1. The molecule has 1 aliphatic heterocycles. The average Bonchev–Trinajstić information content (AvgIpc) is 3.12. The number of aromatic amines is 1. The van der Waals surface area contributed by atoms with E-state index in [-0.39, 0.29) is 12.1 Å². The molecule has 0 bridgehead atoms. The van der Waals surface area contributed by atoms with Crippen molar-refractivity contribution in [2.45, 2.75) is 39.3 Å². The maximum atomic E-state index is 12.5. The Labute approximate surface area is 169 Å². The SMILES string of the molecule is CC1CN(C(=O)OC(C)(C)C)CCN1c1ncnc2[nH]cc(-c3ccccn3)c12. The lowest BCUT2D eigenvalue weighted by Crippen LogP contribution is -2.54. The predicted molar refractivity (Wildman–Crippen MR) is 112 cm³/mol. The van der Waals surface area contributed by atoms with Gasteiger partial charge in [0.1, 0.15) is 23.4 Å². The van der Waals surface area contributed by atoms with Gasteiger partial charge in [0.2, 0.25) is 0 Å². The number of aromatic nitrogens is 4. The summed E-state index contributed by atoms with van der Waals surface area (Å²) in [6.07, 6.45) is 5.00. The molecule has 1 atom stereocenters. The normalized spacial score (nSPS) is 17.6. The van der Waals surface area contributed by atoms with Crippen LogP contribution in [0.3, 0.4) is 0 Å². The van der Waals surface area contributed by atoms with Crippen molar-refractivity contribution in [3.63, 3.8) is 0 Å². The number of carbonyl (C=O) groups excluding carboxylic acids is 1. The van der Waals surface area contributed by atoms with Gasteiger partial charge in [0.25, 0.3) is 0 Å². The van der Waals surface area contributed by atoms with E-state index in [2.05, 4.69) is 31.8 Å². The molecular formula is C21H26N6O2. The van der Waals surface area contributed by atoms with Crippen LogP contribution in [-0.4, -0.2) is 62.2 Å². The highest BCUT2D eigenvalue weighted by Gasteiger charge is 2.31. The summed E-state index contributed by atoms with van der Waals surface area (Å²) >= 11 is 0. The number of H-pyrrole nitrogens is 1. The first-order chi connectivity index (χ1) is 13.8. The molecule has 29 heavy (non-hydrogen) atoms. The third kappa shape index (κ3) is 3.87. The summed E-state index contributed by atoms with van der Waals surface area (Å²) in [5.74, 6) is 0.855. The summed E-state index contributed by atoms with van der Waals surface area (Å²) in [5.41, 5.74) is 2.11. The van der Waals surface area contributed by atoms with Gasteiger partial charge in [0, 0.05) is 43.6 Å². The maximum absolute atomic E-state index is 12.5. The highest BCUT2D eigenvalue weighted by atomic mass is 16.6. The number of nitrogens with zero attached hydrogens (tertiary/aromatic N) is 5. The molecule has 8 nitrogen and oxygen atoms in total. The van der Waals surface area contributed by atoms with E-state index in [9.17, 15) is 4.79 Å². The van der Waals surface area contributed by atoms with Crippen LogP contribution in [0.4, 0.5) is 10.6 Å². The smallest absolute Gasteiger partial charge is 0.410 e. The van der Waals surface area contributed by atoms with E-state index in [4.69, 9.17) is 4.74 Å². The Hall–Kier alpha value is -3.16. The predicted octanol–water partition coefficient (Wildman–Crippen LogP) is 3.47. The lowest BCUT2D eigenvalue weighted by molar-refractivity contribution is 0.0218. The van der Waals surface area contributed by atoms with Crippen molar-refractivity contribution in [2.75, 3.05) is 24.5 Å². The van der Waals surface area contributed by atoms with Crippen molar-refractivity contribution < 1.29 is 9.53 Å². The van der Waals surface area contributed by atoms with Gasteiger partial charge in [-0.3, -0.25) is 4.98 Å². The molecular weight excluding hydrogens is 368 g/mol. The minimum absolute atomic E-state index is 0.0841. The van der Waals surface area contributed by atoms with E-state index in [0.717, 1.165) is 28.1 Å². The van der Waals surface area contributed by atoms with Crippen molar-refractivity contribution in [3.05, 3.63) is 36.9 Å². The van der Waals surface area contributed by atoms with Gasteiger partial charge in [-0.25, -0.2) is 14.8 Å². The number of pyridine rings is 1. The minimum Gasteiger partial charge on any atom is -0.444 e. The van der Waals surface area contributed by atoms with Gasteiger partial charge in [-0.15, -0.1) is 0 Å². The summed E-state index contributed by atoms with van der Waals surface area (Å²) in [5, 5.41) is 0.948. The van der Waals surface area contributed by atoms with E-state index in [1.54, 1.807) is 17.4 Å². The first kappa shape index (κ1) is 19.2. The Kier molecular flexibility index (Phi) is 4.86. The zero-order valence-corrected chi connectivity index (χ0v) is 17.2. The van der Waals surface area contributed by atoms with Crippen LogP contribution in [0.1, 0.15) is 27.7 Å². The lowest BCUT2D eigenvalue weighted by atomic mass is 10.1. The molecule has 0 radical (unpaired) electrons. The number of hydrogen-bond donors (Lipinski definition) is 1. The molecule has 1 unspecified atom stereocenters. The van der Waals surface area contributed by atoms with Crippen LogP contribution in [0.2, 0.25) is 0 Å². The Morgan fingerprint density at radius 2 is 2.03 bits per heavy atom. The first-order valence-electron chi connectivity index (χ1n) is 9.81. The maximum Gasteiger partial charge on any atom is 0.410 e. The van der Waals surface area contributed by atoms with Gasteiger partial charge >= 0.3 is 6.09 Å². The lowest BCUT2D eigenvalue weighted by Gasteiger charge is -2.41. The standard InChI is InChI=1S/C21H26N6O2/c1-14-12-26(20(28)29-21(2,3)4)9-10-27(14)19-17-15(16-7-5-6-8-22-16)11-23-18(17)24-13-25-19/h5-8,11,13-14H,9-10,12H2,1-4H3,(H,23,24,25). The van der Waals surface area contributed by atoms with Gasteiger partial charge in [0.05, 0.1) is 11.1 Å². The second-order valence-corrected chi connectivity index (χ2v) is 8.31. The quantitative estimate of drug-likeness (QED) is 0.716. The summed E-state index contributed by atoms with van der Waals surface area (Å²) in [4.78, 5) is 33.2. The third-order valence-corrected chi connectivity index (χ3v) is 4.94. The van der Waals surface area contributed by atoms with Crippen molar-refractivity contribution in [1.82, 2.24) is 24.8 Å². The number of fused-ring (bicyclic) bond motifs is 1. The van der Waals surface area contributed by atoms with E-state index >= 15 is 0 Å². The van der Waals surface area contributed by atoms with E-state index in [1.807, 2.05) is 45.2 Å².